The van der Waals surface area contributed by atoms with Gasteiger partial charge in [-0.15, -0.1) is 0 Å². The number of rotatable bonds is 9. The normalized spacial score (nSPS) is 10.5. The Morgan fingerprint density at radius 2 is 1.70 bits per heavy atom. The first-order chi connectivity index (χ1) is 14.6. The van der Waals surface area contributed by atoms with Crippen LogP contribution in [0.3, 0.4) is 0 Å². The lowest BCUT2D eigenvalue weighted by Crippen LogP contribution is -2.23. The van der Waals surface area contributed by atoms with E-state index in [0.29, 0.717) is 17.8 Å². The van der Waals surface area contributed by atoms with Gasteiger partial charge in [0.1, 0.15) is 0 Å². The van der Waals surface area contributed by atoms with Gasteiger partial charge in [-0.05, 0) is 60.5 Å². The van der Waals surface area contributed by atoms with Gasteiger partial charge in [-0.2, -0.15) is 0 Å². The number of anilines is 2. The Balaban J connectivity index is 1.50. The van der Waals surface area contributed by atoms with Crippen LogP contribution in [-0.2, 0) is 6.54 Å². The molecule has 3 aromatic rings. The molecule has 0 fully saturated rings. The SMILES string of the molecule is CCCCN(C)c1ccc(C(=O)NCc2ccc(NC(=O)c3ccco3)cc2)cc1. The van der Waals surface area contributed by atoms with Crippen LogP contribution in [-0.4, -0.2) is 25.4 Å². The average molecular weight is 405 g/mol. The number of unbranched alkanes of at least 4 members (excludes halogenated alkanes) is 1. The van der Waals surface area contributed by atoms with E-state index in [4.69, 9.17) is 4.42 Å². The van der Waals surface area contributed by atoms with Gasteiger partial charge in [0.25, 0.3) is 11.8 Å². The molecule has 0 radical (unpaired) electrons. The smallest absolute Gasteiger partial charge is 0.291 e. The van der Waals surface area contributed by atoms with Gasteiger partial charge in [-0.1, -0.05) is 25.5 Å². The number of benzene rings is 2. The van der Waals surface area contributed by atoms with Gasteiger partial charge >= 0.3 is 0 Å². The summed E-state index contributed by atoms with van der Waals surface area (Å²) in [6.07, 6.45) is 3.76. The highest BCUT2D eigenvalue weighted by atomic mass is 16.3. The number of amides is 2. The molecule has 2 N–H and O–H groups in total. The molecule has 0 saturated heterocycles. The van der Waals surface area contributed by atoms with E-state index in [1.54, 1.807) is 24.3 Å². The highest BCUT2D eigenvalue weighted by molar-refractivity contribution is 6.02. The average Bonchev–Trinajstić information content (AvgIpc) is 3.32. The summed E-state index contributed by atoms with van der Waals surface area (Å²) in [6.45, 7) is 3.58. The van der Waals surface area contributed by atoms with Crippen molar-refractivity contribution in [3.8, 4) is 0 Å². The minimum Gasteiger partial charge on any atom is -0.459 e. The van der Waals surface area contributed by atoms with Gasteiger partial charge < -0.3 is 20.0 Å². The van der Waals surface area contributed by atoms with Gasteiger partial charge in [0.05, 0.1) is 6.26 Å². The van der Waals surface area contributed by atoms with Crippen molar-refractivity contribution in [3.63, 3.8) is 0 Å². The Labute approximate surface area is 176 Å². The minimum absolute atomic E-state index is 0.118. The third-order valence-electron chi connectivity index (χ3n) is 4.83. The quantitative estimate of drug-likeness (QED) is 0.541. The molecule has 2 aromatic carbocycles. The van der Waals surface area contributed by atoms with Crippen molar-refractivity contribution in [3.05, 3.63) is 83.8 Å². The summed E-state index contributed by atoms with van der Waals surface area (Å²) < 4.78 is 5.07. The van der Waals surface area contributed by atoms with Gasteiger partial charge in [-0.25, -0.2) is 0 Å². The monoisotopic (exact) mass is 405 g/mol. The summed E-state index contributed by atoms with van der Waals surface area (Å²) in [6, 6.07) is 18.2. The molecule has 0 unspecified atom stereocenters. The predicted molar refractivity (Wildman–Crippen MR) is 119 cm³/mol. The summed E-state index contributed by atoms with van der Waals surface area (Å²) in [5.74, 6) is -0.160. The maximum Gasteiger partial charge on any atom is 0.291 e. The number of furan rings is 1. The lowest BCUT2D eigenvalue weighted by atomic mass is 10.1. The number of hydrogen-bond acceptors (Lipinski definition) is 4. The molecule has 6 heteroatoms. The van der Waals surface area contributed by atoms with E-state index in [2.05, 4.69) is 29.5 Å². The molecule has 0 aliphatic rings. The van der Waals surface area contributed by atoms with Crippen molar-refractivity contribution in [1.82, 2.24) is 5.32 Å². The molecule has 0 aliphatic carbocycles. The first-order valence-electron chi connectivity index (χ1n) is 10.1. The summed E-state index contributed by atoms with van der Waals surface area (Å²) in [5.41, 5.74) is 3.33. The number of nitrogens with zero attached hydrogens (tertiary/aromatic N) is 1. The summed E-state index contributed by atoms with van der Waals surface area (Å²) in [5, 5.41) is 5.69. The molecule has 156 valence electrons. The van der Waals surface area contributed by atoms with Crippen LogP contribution in [0.5, 0.6) is 0 Å². The molecule has 0 aliphatic heterocycles. The zero-order valence-electron chi connectivity index (χ0n) is 17.4. The van der Waals surface area contributed by atoms with Gasteiger partial charge in [0, 0.05) is 37.1 Å². The van der Waals surface area contributed by atoms with E-state index >= 15 is 0 Å². The first-order valence-corrected chi connectivity index (χ1v) is 10.1. The largest absolute Gasteiger partial charge is 0.459 e. The van der Waals surface area contributed by atoms with E-state index in [9.17, 15) is 9.59 Å². The highest BCUT2D eigenvalue weighted by Crippen LogP contribution is 2.15. The van der Waals surface area contributed by atoms with Crippen LogP contribution < -0.4 is 15.5 Å². The standard InChI is InChI=1S/C24H27N3O3/c1-3-4-15-27(2)21-13-9-19(10-14-21)23(28)25-17-18-7-11-20(12-8-18)26-24(29)22-6-5-16-30-22/h5-14,16H,3-4,15,17H2,1-2H3,(H,25,28)(H,26,29). The number of nitrogens with one attached hydrogen (secondary N) is 2. The molecule has 30 heavy (non-hydrogen) atoms. The lowest BCUT2D eigenvalue weighted by molar-refractivity contribution is 0.0950. The maximum atomic E-state index is 12.4. The second-order valence-corrected chi connectivity index (χ2v) is 7.13. The molecule has 2 amide bonds. The predicted octanol–water partition coefficient (Wildman–Crippen LogP) is 4.70. The Bertz CT molecular complexity index is 948. The molecule has 0 atom stereocenters. The third kappa shape index (κ3) is 5.73. The van der Waals surface area contributed by atoms with Crippen LogP contribution in [0.15, 0.2) is 71.3 Å². The van der Waals surface area contributed by atoms with E-state index in [1.807, 2.05) is 36.4 Å². The molecule has 0 spiro atoms. The van der Waals surface area contributed by atoms with Crippen molar-refractivity contribution in [2.24, 2.45) is 0 Å². The van der Waals surface area contributed by atoms with Crippen LogP contribution in [0.1, 0.15) is 46.2 Å². The number of carbonyl (C=O) groups excluding carboxylic acids is 2. The van der Waals surface area contributed by atoms with E-state index in [1.165, 1.54) is 6.26 Å². The number of hydrogen-bond donors (Lipinski definition) is 2. The summed E-state index contributed by atoms with van der Waals surface area (Å²) >= 11 is 0. The van der Waals surface area contributed by atoms with E-state index in [-0.39, 0.29) is 17.6 Å². The van der Waals surface area contributed by atoms with Crippen molar-refractivity contribution in [2.75, 3.05) is 23.8 Å². The first kappa shape index (κ1) is 21.2. The summed E-state index contributed by atoms with van der Waals surface area (Å²) in [4.78, 5) is 26.6. The van der Waals surface area contributed by atoms with Crippen LogP contribution in [0.4, 0.5) is 11.4 Å². The van der Waals surface area contributed by atoms with Crippen molar-refractivity contribution < 1.29 is 14.0 Å². The van der Waals surface area contributed by atoms with Crippen LogP contribution in [0, 0.1) is 0 Å². The molecule has 1 heterocycles. The van der Waals surface area contributed by atoms with E-state index < -0.39 is 0 Å². The summed E-state index contributed by atoms with van der Waals surface area (Å²) in [7, 11) is 2.06. The molecule has 0 saturated carbocycles. The lowest BCUT2D eigenvalue weighted by Gasteiger charge is -2.19. The fourth-order valence-corrected chi connectivity index (χ4v) is 2.98. The fraction of sp³-hybridized carbons (Fsp3) is 0.250. The van der Waals surface area contributed by atoms with Gasteiger partial charge in [0.15, 0.2) is 5.76 Å². The van der Waals surface area contributed by atoms with Crippen LogP contribution in [0.25, 0.3) is 0 Å². The molecular formula is C24H27N3O3. The highest BCUT2D eigenvalue weighted by Gasteiger charge is 2.09. The fourth-order valence-electron chi connectivity index (χ4n) is 2.98. The molecule has 0 bridgehead atoms. The second-order valence-electron chi connectivity index (χ2n) is 7.13. The third-order valence-corrected chi connectivity index (χ3v) is 4.83. The Morgan fingerprint density at radius 1 is 0.967 bits per heavy atom. The van der Waals surface area contributed by atoms with E-state index in [0.717, 1.165) is 30.6 Å². The van der Waals surface area contributed by atoms with Crippen LogP contribution in [0.2, 0.25) is 0 Å². The maximum absolute atomic E-state index is 12.4. The zero-order chi connectivity index (χ0) is 21.3. The number of carbonyl (C=O) groups is 2. The molecular weight excluding hydrogens is 378 g/mol. The Hall–Kier alpha value is -3.54. The molecule has 3 rings (SSSR count). The zero-order valence-corrected chi connectivity index (χ0v) is 17.4. The van der Waals surface area contributed by atoms with Crippen molar-refractivity contribution in [2.45, 2.75) is 26.3 Å². The van der Waals surface area contributed by atoms with Gasteiger partial charge in [-0.3, -0.25) is 9.59 Å². The van der Waals surface area contributed by atoms with Gasteiger partial charge in [0.2, 0.25) is 0 Å². The minimum atomic E-state index is -0.301. The van der Waals surface area contributed by atoms with Crippen LogP contribution >= 0.6 is 0 Å². The van der Waals surface area contributed by atoms with Crippen molar-refractivity contribution in [1.29, 1.82) is 0 Å². The molecule has 1 aromatic heterocycles. The second kappa shape index (κ2) is 10.3. The Kier molecular flexibility index (Phi) is 7.27. The Morgan fingerprint density at radius 3 is 2.33 bits per heavy atom. The topological polar surface area (TPSA) is 74.6 Å². The van der Waals surface area contributed by atoms with Crippen molar-refractivity contribution >= 4 is 23.2 Å². The molecule has 6 nitrogen and oxygen atoms in total.